The summed E-state index contributed by atoms with van der Waals surface area (Å²) in [6.45, 7) is 2.25. The van der Waals surface area contributed by atoms with Crippen molar-refractivity contribution in [3.05, 3.63) is 59.7 Å². The largest absolute Gasteiger partial charge is 0.501 e. The molecule has 0 spiro atoms. The first kappa shape index (κ1) is 19.1. The van der Waals surface area contributed by atoms with Crippen LogP contribution in [0.3, 0.4) is 0 Å². The van der Waals surface area contributed by atoms with E-state index in [4.69, 9.17) is 0 Å². The third-order valence-electron chi connectivity index (χ3n) is 4.00. The summed E-state index contributed by atoms with van der Waals surface area (Å²) >= 11 is 0. The van der Waals surface area contributed by atoms with Crippen LogP contribution in [0.25, 0.3) is 23.2 Å². The van der Waals surface area contributed by atoms with Crippen LogP contribution in [0.1, 0.15) is 18.3 Å². The summed E-state index contributed by atoms with van der Waals surface area (Å²) in [5, 5.41) is 0. The number of rotatable bonds is 4. The van der Waals surface area contributed by atoms with E-state index in [1.54, 1.807) is 22.8 Å². The average Bonchev–Trinajstić information content (AvgIpc) is 2.96. The van der Waals surface area contributed by atoms with Crippen molar-refractivity contribution in [2.24, 2.45) is 0 Å². The molecule has 1 aromatic heterocycles. The summed E-state index contributed by atoms with van der Waals surface area (Å²) in [4.78, 5) is 3.34. The first-order valence-corrected chi connectivity index (χ1v) is 9.37. The molecule has 2 aromatic carbocycles. The molecule has 0 aliphatic carbocycles. The molecular weight excluding hydrogens is 384 g/mol. The molecule has 0 unspecified atom stereocenters. The highest BCUT2D eigenvalue weighted by Crippen LogP contribution is 2.32. The minimum Gasteiger partial charge on any atom is -0.325 e. The van der Waals surface area contributed by atoms with E-state index in [1.807, 2.05) is 6.92 Å². The van der Waals surface area contributed by atoms with Crippen molar-refractivity contribution in [3.63, 3.8) is 0 Å². The lowest BCUT2D eigenvalue weighted by molar-refractivity contribution is -0.0435. The molecule has 27 heavy (non-hydrogen) atoms. The number of benzene rings is 2. The summed E-state index contributed by atoms with van der Waals surface area (Å²) in [6, 6.07) is 9.17. The summed E-state index contributed by atoms with van der Waals surface area (Å²) in [5.41, 5.74) is -4.48. The fourth-order valence-electron chi connectivity index (χ4n) is 2.66. The van der Waals surface area contributed by atoms with Crippen LogP contribution in [-0.2, 0) is 16.4 Å². The summed E-state index contributed by atoms with van der Waals surface area (Å²) in [6.07, 6.45) is 3.02. The van der Waals surface area contributed by atoms with Gasteiger partial charge in [0.2, 0.25) is 0 Å². The molecular formula is C18H14F4N2O2S. The zero-order valence-electron chi connectivity index (χ0n) is 14.0. The number of aromatic nitrogens is 2. The van der Waals surface area contributed by atoms with Gasteiger partial charge in [0, 0.05) is 12.1 Å². The molecule has 0 aliphatic heterocycles. The minimum atomic E-state index is -5.46. The van der Waals surface area contributed by atoms with Crippen molar-refractivity contribution < 1.29 is 26.0 Å². The Kier molecular flexibility index (Phi) is 4.81. The van der Waals surface area contributed by atoms with E-state index >= 15 is 0 Å². The number of alkyl halides is 3. The Labute approximate surface area is 152 Å². The third-order valence-corrected chi connectivity index (χ3v) is 5.48. The van der Waals surface area contributed by atoms with Crippen LogP contribution in [0.4, 0.5) is 17.6 Å². The standard InChI is InChI=1S/C18H14F4N2O2S/c1-2-24-16-9-8-13(27(25,26)18(20,21)22)11-15(16)23-17(24)10-7-12-5-3-4-6-14(12)19/h3-11H,2H2,1H3/b10-7+. The number of aryl methyl sites for hydroxylation is 1. The lowest BCUT2D eigenvalue weighted by atomic mass is 10.2. The van der Waals surface area contributed by atoms with Crippen LogP contribution < -0.4 is 0 Å². The van der Waals surface area contributed by atoms with Gasteiger partial charge in [0.25, 0.3) is 9.84 Å². The molecule has 142 valence electrons. The van der Waals surface area contributed by atoms with Crippen LogP contribution in [0.15, 0.2) is 47.4 Å². The Morgan fingerprint density at radius 2 is 1.81 bits per heavy atom. The van der Waals surface area contributed by atoms with E-state index in [2.05, 4.69) is 4.98 Å². The second kappa shape index (κ2) is 6.80. The molecule has 0 N–H and O–H groups in total. The van der Waals surface area contributed by atoms with Crippen molar-refractivity contribution in [3.8, 4) is 0 Å². The Hall–Kier alpha value is -2.68. The van der Waals surface area contributed by atoms with Gasteiger partial charge in [-0.1, -0.05) is 18.2 Å². The van der Waals surface area contributed by atoms with Crippen molar-refractivity contribution in [1.29, 1.82) is 0 Å². The van der Waals surface area contributed by atoms with Crippen molar-refractivity contribution in [1.82, 2.24) is 9.55 Å². The van der Waals surface area contributed by atoms with Gasteiger partial charge in [0.1, 0.15) is 11.6 Å². The smallest absolute Gasteiger partial charge is 0.325 e. The van der Waals surface area contributed by atoms with Gasteiger partial charge in [0.05, 0.1) is 15.9 Å². The Bertz CT molecular complexity index is 1130. The fourth-order valence-corrected chi connectivity index (χ4v) is 3.44. The fraction of sp³-hybridized carbons (Fsp3) is 0.167. The molecule has 0 saturated carbocycles. The highest BCUT2D eigenvalue weighted by atomic mass is 32.2. The average molecular weight is 398 g/mol. The highest BCUT2D eigenvalue weighted by Gasteiger charge is 2.47. The Balaban J connectivity index is 2.09. The summed E-state index contributed by atoms with van der Waals surface area (Å²) in [5.74, 6) is -0.0521. The van der Waals surface area contributed by atoms with E-state index in [0.29, 0.717) is 23.4 Å². The predicted octanol–water partition coefficient (Wildman–Crippen LogP) is 4.66. The van der Waals surface area contributed by atoms with Gasteiger partial charge < -0.3 is 4.57 Å². The van der Waals surface area contributed by atoms with Crippen molar-refractivity contribution in [2.75, 3.05) is 0 Å². The number of nitrogens with zero attached hydrogens (tertiary/aromatic N) is 2. The Morgan fingerprint density at radius 3 is 2.44 bits per heavy atom. The lowest BCUT2D eigenvalue weighted by Crippen LogP contribution is -2.23. The quantitative estimate of drug-likeness (QED) is 0.601. The van der Waals surface area contributed by atoms with Crippen LogP contribution in [0.5, 0.6) is 0 Å². The minimum absolute atomic E-state index is 0.107. The van der Waals surface area contributed by atoms with E-state index in [9.17, 15) is 26.0 Å². The summed E-state index contributed by atoms with van der Waals surface area (Å²) < 4.78 is 76.9. The molecule has 1 heterocycles. The van der Waals surface area contributed by atoms with E-state index in [-0.39, 0.29) is 5.52 Å². The molecule has 0 atom stereocenters. The van der Waals surface area contributed by atoms with Crippen molar-refractivity contribution >= 4 is 33.0 Å². The SMILES string of the molecule is CCn1c(/C=C/c2ccccc2F)nc2cc(S(=O)(=O)C(F)(F)F)ccc21. The monoisotopic (exact) mass is 398 g/mol. The number of hydrogen-bond donors (Lipinski definition) is 0. The predicted molar refractivity (Wildman–Crippen MR) is 94.0 cm³/mol. The molecule has 0 saturated heterocycles. The van der Waals surface area contributed by atoms with E-state index in [1.165, 1.54) is 24.3 Å². The molecule has 4 nitrogen and oxygen atoms in total. The first-order chi connectivity index (χ1) is 12.6. The third kappa shape index (κ3) is 3.46. The number of imidazole rings is 1. The highest BCUT2D eigenvalue weighted by molar-refractivity contribution is 7.92. The van der Waals surface area contributed by atoms with Gasteiger partial charge in [0.15, 0.2) is 0 Å². The van der Waals surface area contributed by atoms with Gasteiger partial charge in [-0.05, 0) is 43.3 Å². The molecule has 3 aromatic rings. The van der Waals surface area contributed by atoms with Crippen LogP contribution >= 0.6 is 0 Å². The van der Waals surface area contributed by atoms with Crippen LogP contribution in [0.2, 0.25) is 0 Å². The maximum atomic E-state index is 13.7. The maximum Gasteiger partial charge on any atom is 0.501 e. The van der Waals surface area contributed by atoms with Gasteiger partial charge in [-0.25, -0.2) is 17.8 Å². The lowest BCUT2D eigenvalue weighted by Gasteiger charge is -2.08. The van der Waals surface area contributed by atoms with Gasteiger partial charge in [-0.3, -0.25) is 0 Å². The number of hydrogen-bond acceptors (Lipinski definition) is 3. The zero-order chi connectivity index (χ0) is 19.8. The molecule has 0 bridgehead atoms. The number of sulfone groups is 1. The molecule has 0 fully saturated rings. The second-order valence-electron chi connectivity index (χ2n) is 5.67. The zero-order valence-corrected chi connectivity index (χ0v) is 14.9. The van der Waals surface area contributed by atoms with E-state index < -0.39 is 26.1 Å². The van der Waals surface area contributed by atoms with Gasteiger partial charge in [-0.2, -0.15) is 13.2 Å². The number of halogens is 4. The van der Waals surface area contributed by atoms with Gasteiger partial charge in [-0.15, -0.1) is 0 Å². The summed E-state index contributed by atoms with van der Waals surface area (Å²) in [7, 11) is -5.46. The molecule has 0 amide bonds. The second-order valence-corrected chi connectivity index (χ2v) is 7.61. The molecule has 3 rings (SSSR count). The number of fused-ring (bicyclic) bond motifs is 1. The normalized spacial score (nSPS) is 12.9. The molecule has 0 radical (unpaired) electrons. The van der Waals surface area contributed by atoms with E-state index in [0.717, 1.165) is 12.1 Å². The van der Waals surface area contributed by atoms with Crippen LogP contribution in [0, 0.1) is 5.82 Å². The maximum absolute atomic E-state index is 13.7. The van der Waals surface area contributed by atoms with Crippen molar-refractivity contribution in [2.45, 2.75) is 23.9 Å². The molecule has 9 heteroatoms. The molecule has 0 aliphatic rings. The first-order valence-electron chi connectivity index (χ1n) is 7.89. The van der Waals surface area contributed by atoms with Gasteiger partial charge >= 0.3 is 5.51 Å². The topological polar surface area (TPSA) is 52.0 Å². The van der Waals surface area contributed by atoms with Crippen LogP contribution in [-0.4, -0.2) is 23.5 Å². The Morgan fingerprint density at radius 1 is 1.11 bits per heavy atom.